The van der Waals surface area contributed by atoms with Crippen molar-refractivity contribution in [1.82, 2.24) is 9.80 Å². The van der Waals surface area contributed by atoms with Gasteiger partial charge in [0.25, 0.3) is 0 Å². The number of hydrogen-bond acceptors (Lipinski definition) is 9. The van der Waals surface area contributed by atoms with E-state index in [9.17, 15) is 14.4 Å². The topological polar surface area (TPSA) is 104 Å². The first kappa shape index (κ1) is 22.8. The van der Waals surface area contributed by atoms with Crippen molar-refractivity contribution in [2.75, 3.05) is 46.7 Å². The number of rotatable bonds is 8. The van der Waals surface area contributed by atoms with E-state index in [2.05, 4.69) is 4.90 Å². The Kier molecular flexibility index (Phi) is 7.69. The molecule has 10 nitrogen and oxygen atoms in total. The number of benzene rings is 1. The quantitative estimate of drug-likeness (QED) is 0.342. The van der Waals surface area contributed by atoms with Gasteiger partial charge in [-0.05, 0) is 25.1 Å². The highest BCUT2D eigenvalue weighted by molar-refractivity contribution is 6.01. The van der Waals surface area contributed by atoms with Crippen molar-refractivity contribution in [2.45, 2.75) is 32.6 Å². The van der Waals surface area contributed by atoms with Crippen molar-refractivity contribution in [3.8, 4) is 11.5 Å². The number of hydrogen-bond donors (Lipinski definition) is 0. The number of carbonyl (C=O) groups excluding carboxylic acids is 3. The second-order valence-electron chi connectivity index (χ2n) is 7.36. The van der Waals surface area contributed by atoms with Crippen LogP contribution in [0.2, 0.25) is 0 Å². The lowest BCUT2D eigenvalue weighted by Gasteiger charge is -2.26. The maximum absolute atomic E-state index is 12.7. The summed E-state index contributed by atoms with van der Waals surface area (Å²) in [7, 11) is 1.45. The summed E-state index contributed by atoms with van der Waals surface area (Å²) in [5.41, 5.74) is 0.388. The fourth-order valence-electron chi connectivity index (χ4n) is 3.19. The average Bonchev–Trinajstić information content (AvgIpc) is 3.24. The molecule has 0 radical (unpaired) electrons. The highest BCUT2D eigenvalue weighted by Gasteiger charge is 2.28. The van der Waals surface area contributed by atoms with Crippen LogP contribution in [-0.4, -0.2) is 86.7 Å². The van der Waals surface area contributed by atoms with Gasteiger partial charge in [-0.25, -0.2) is 4.79 Å². The number of likely N-dealkylation sites (N-methyl/N-ethyl adjacent to an activating group) is 1. The molecule has 3 rings (SSSR count). The fourth-order valence-corrected chi connectivity index (χ4v) is 3.19. The number of ether oxygens (including phenoxy) is 5. The number of carbonyl (C=O) groups is 3. The first-order valence-electron chi connectivity index (χ1n) is 10.2. The molecule has 170 valence electrons. The van der Waals surface area contributed by atoms with Gasteiger partial charge >= 0.3 is 12.1 Å². The third kappa shape index (κ3) is 6.08. The third-order valence-corrected chi connectivity index (χ3v) is 5.21. The van der Waals surface area contributed by atoms with Gasteiger partial charge in [-0.2, -0.15) is 0 Å². The van der Waals surface area contributed by atoms with E-state index < -0.39 is 24.4 Å². The van der Waals surface area contributed by atoms with Crippen LogP contribution in [0.15, 0.2) is 18.2 Å². The number of nitrogens with zero attached hydrogens (tertiary/aromatic N) is 2. The zero-order valence-corrected chi connectivity index (χ0v) is 18.0. The molecule has 2 atom stereocenters. The van der Waals surface area contributed by atoms with Gasteiger partial charge in [-0.1, -0.05) is 0 Å². The largest absolute Gasteiger partial charge is 0.454 e. The minimum absolute atomic E-state index is 0.109. The van der Waals surface area contributed by atoms with E-state index >= 15 is 0 Å². The second kappa shape index (κ2) is 10.5. The molecular weight excluding hydrogens is 408 g/mol. The number of amides is 1. The van der Waals surface area contributed by atoms with Crippen LogP contribution in [0.1, 0.15) is 30.6 Å². The number of esters is 1. The first-order valence-corrected chi connectivity index (χ1v) is 10.2. The van der Waals surface area contributed by atoms with E-state index in [1.54, 1.807) is 25.1 Å². The van der Waals surface area contributed by atoms with Crippen molar-refractivity contribution >= 4 is 17.8 Å². The summed E-state index contributed by atoms with van der Waals surface area (Å²) in [4.78, 5) is 40.4. The van der Waals surface area contributed by atoms with Crippen LogP contribution in [-0.2, 0) is 19.0 Å². The smallest absolute Gasteiger partial charge is 0.413 e. The van der Waals surface area contributed by atoms with Crippen LogP contribution in [0, 0.1) is 0 Å². The van der Waals surface area contributed by atoms with Gasteiger partial charge in [0, 0.05) is 39.2 Å². The molecule has 2 aliphatic heterocycles. The molecule has 31 heavy (non-hydrogen) atoms. The maximum atomic E-state index is 12.7. The predicted octanol–water partition coefficient (Wildman–Crippen LogP) is 1.67. The summed E-state index contributed by atoms with van der Waals surface area (Å²) in [5, 5.41) is 0. The van der Waals surface area contributed by atoms with Crippen LogP contribution in [0.3, 0.4) is 0 Å². The lowest BCUT2D eigenvalue weighted by atomic mass is 10.0. The monoisotopic (exact) mass is 436 g/mol. The van der Waals surface area contributed by atoms with E-state index in [0.717, 1.165) is 18.0 Å². The van der Waals surface area contributed by atoms with Crippen LogP contribution in [0.5, 0.6) is 11.5 Å². The van der Waals surface area contributed by atoms with Gasteiger partial charge in [-0.3, -0.25) is 14.5 Å². The van der Waals surface area contributed by atoms with Crippen LogP contribution < -0.4 is 9.47 Å². The number of Topliss-reactive ketones (excluding diaryl/α,β-unsaturated/α-hetero) is 1. The van der Waals surface area contributed by atoms with E-state index in [0.29, 0.717) is 36.8 Å². The lowest BCUT2D eigenvalue weighted by Crippen LogP contribution is -2.42. The molecule has 2 heterocycles. The Hall–Kier alpha value is -2.85. The molecule has 0 spiro atoms. The van der Waals surface area contributed by atoms with E-state index in [-0.39, 0.29) is 19.0 Å². The molecule has 0 saturated carbocycles. The van der Waals surface area contributed by atoms with Crippen LogP contribution in [0.25, 0.3) is 0 Å². The Bertz CT molecular complexity index is 809. The molecule has 0 bridgehead atoms. The summed E-state index contributed by atoms with van der Waals surface area (Å²) in [6.45, 7) is 6.57. The van der Waals surface area contributed by atoms with E-state index in [1.807, 2.05) is 0 Å². The molecule has 10 heteroatoms. The van der Waals surface area contributed by atoms with Gasteiger partial charge in [0.1, 0.15) is 0 Å². The van der Waals surface area contributed by atoms with Crippen molar-refractivity contribution in [1.29, 1.82) is 0 Å². The normalized spacial score (nSPS) is 17.5. The Morgan fingerprint density at radius 1 is 1.10 bits per heavy atom. The molecule has 1 saturated heterocycles. The molecule has 1 aromatic rings. The molecule has 2 unspecified atom stereocenters. The number of fused-ring (bicyclic) bond motifs is 1. The fraction of sp³-hybridized carbons (Fsp3) is 0.571. The van der Waals surface area contributed by atoms with Crippen molar-refractivity contribution in [2.24, 2.45) is 0 Å². The lowest BCUT2D eigenvalue weighted by molar-refractivity contribution is -0.166. The maximum Gasteiger partial charge on any atom is 0.413 e. The molecule has 0 aliphatic carbocycles. The van der Waals surface area contributed by atoms with Crippen molar-refractivity contribution < 1.29 is 38.1 Å². The van der Waals surface area contributed by atoms with Gasteiger partial charge in [0.05, 0.1) is 25.7 Å². The molecule has 0 aromatic heterocycles. The average molecular weight is 436 g/mol. The minimum atomic E-state index is -1.07. The molecule has 1 fully saturated rings. The summed E-state index contributed by atoms with van der Waals surface area (Å²) in [6, 6.07) is 4.06. The first-order chi connectivity index (χ1) is 14.8. The Labute approximate surface area is 180 Å². The highest BCUT2D eigenvalue weighted by atomic mass is 16.7. The minimum Gasteiger partial charge on any atom is -0.454 e. The zero-order chi connectivity index (χ0) is 22.4. The second-order valence-corrected chi connectivity index (χ2v) is 7.36. The summed E-state index contributed by atoms with van der Waals surface area (Å²) >= 11 is 0. The Morgan fingerprint density at radius 3 is 2.55 bits per heavy atom. The van der Waals surface area contributed by atoms with Crippen molar-refractivity contribution in [3.05, 3.63) is 23.8 Å². The Morgan fingerprint density at radius 2 is 1.81 bits per heavy atom. The summed E-state index contributed by atoms with van der Waals surface area (Å²) in [6.07, 6.45) is -1.65. The van der Waals surface area contributed by atoms with Gasteiger partial charge in [-0.15, -0.1) is 0 Å². The van der Waals surface area contributed by atoms with Crippen LogP contribution in [0.4, 0.5) is 4.79 Å². The van der Waals surface area contributed by atoms with Gasteiger partial charge in [0.2, 0.25) is 13.1 Å². The number of ketones is 1. The number of morpholine rings is 1. The predicted molar refractivity (Wildman–Crippen MR) is 108 cm³/mol. The Balaban J connectivity index is 1.45. The zero-order valence-electron chi connectivity index (χ0n) is 18.0. The van der Waals surface area contributed by atoms with Gasteiger partial charge < -0.3 is 28.6 Å². The van der Waals surface area contributed by atoms with Gasteiger partial charge in [0.15, 0.2) is 17.3 Å². The highest BCUT2D eigenvalue weighted by Crippen LogP contribution is 2.33. The third-order valence-electron chi connectivity index (χ3n) is 5.21. The van der Waals surface area contributed by atoms with Crippen LogP contribution >= 0.6 is 0 Å². The van der Waals surface area contributed by atoms with Crippen molar-refractivity contribution in [3.63, 3.8) is 0 Å². The molecule has 1 aromatic carbocycles. The summed E-state index contributed by atoms with van der Waals surface area (Å²) < 4.78 is 26.1. The summed E-state index contributed by atoms with van der Waals surface area (Å²) in [5.74, 6) is 0.314. The molecule has 1 amide bonds. The van der Waals surface area contributed by atoms with E-state index in [1.165, 1.54) is 14.0 Å². The van der Waals surface area contributed by atoms with E-state index in [4.69, 9.17) is 23.7 Å². The standard InChI is InChI=1S/C21H28N2O8/c1-14(20(25)16-4-5-17-18(12-16)29-13-28-17)22(3)21(26)31-15(2)30-19(24)6-7-23-8-10-27-11-9-23/h4-5,12,14-15H,6-11,13H2,1-3H3. The SMILES string of the molecule is CC(OC(=O)CCN1CCOCC1)OC(=O)N(C)C(C)C(=O)c1ccc2c(c1)OCO2. The molecule has 2 aliphatic rings. The molecule has 0 N–H and O–H groups in total. The molecular formula is C21H28N2O8.